The van der Waals surface area contributed by atoms with Crippen LogP contribution in [0.15, 0.2) is 29.3 Å². The van der Waals surface area contributed by atoms with Crippen LogP contribution in [0.4, 0.5) is 0 Å². The van der Waals surface area contributed by atoms with Crippen molar-refractivity contribution in [3.8, 4) is 0 Å². The summed E-state index contributed by atoms with van der Waals surface area (Å²) in [4.78, 5) is 4.28. The molecule has 0 aliphatic carbocycles. The zero-order valence-electron chi connectivity index (χ0n) is 13.2. The van der Waals surface area contributed by atoms with E-state index in [0.29, 0.717) is 5.25 Å². The predicted molar refractivity (Wildman–Crippen MR) is 91.7 cm³/mol. The molecule has 0 radical (unpaired) electrons. The van der Waals surface area contributed by atoms with Crippen LogP contribution in [0.2, 0.25) is 0 Å². The molecule has 2 N–H and O–H groups in total. The highest BCUT2D eigenvalue weighted by Crippen LogP contribution is 2.13. The number of rotatable bonds is 6. The maximum Gasteiger partial charge on any atom is 0.191 e. The van der Waals surface area contributed by atoms with Crippen LogP contribution in [-0.2, 0) is 6.42 Å². The molecule has 1 aromatic rings. The van der Waals surface area contributed by atoms with Crippen LogP contribution >= 0.6 is 11.8 Å². The van der Waals surface area contributed by atoms with Gasteiger partial charge in [0.15, 0.2) is 5.96 Å². The Morgan fingerprint density at radius 1 is 1.25 bits per heavy atom. The van der Waals surface area contributed by atoms with Gasteiger partial charge in [0.25, 0.3) is 0 Å². The number of hydrogen-bond acceptors (Lipinski definition) is 2. The van der Waals surface area contributed by atoms with E-state index in [4.69, 9.17) is 0 Å². The molecule has 112 valence electrons. The van der Waals surface area contributed by atoms with E-state index in [-0.39, 0.29) is 6.04 Å². The van der Waals surface area contributed by atoms with Crippen molar-refractivity contribution in [3.63, 3.8) is 0 Å². The highest BCUT2D eigenvalue weighted by molar-refractivity contribution is 7.99. The summed E-state index contributed by atoms with van der Waals surface area (Å²) in [6.45, 7) is 7.46. The molecule has 0 aliphatic rings. The van der Waals surface area contributed by atoms with E-state index in [0.717, 1.165) is 18.9 Å². The second kappa shape index (κ2) is 8.90. The molecule has 0 fully saturated rings. The summed E-state index contributed by atoms with van der Waals surface area (Å²) in [7, 11) is 1.81. The predicted octanol–water partition coefficient (Wildman–Crippen LogP) is 3.23. The average molecular weight is 293 g/mol. The van der Waals surface area contributed by atoms with Gasteiger partial charge in [0.2, 0.25) is 0 Å². The van der Waals surface area contributed by atoms with Crippen molar-refractivity contribution >= 4 is 17.7 Å². The molecule has 0 bridgehead atoms. The molecule has 2 atom stereocenters. The molecule has 0 aromatic heterocycles. The number of guanidine groups is 1. The van der Waals surface area contributed by atoms with Crippen LogP contribution in [0.25, 0.3) is 0 Å². The molecule has 2 unspecified atom stereocenters. The molecular formula is C16H27N3S. The summed E-state index contributed by atoms with van der Waals surface area (Å²) in [5, 5.41) is 7.37. The first-order chi connectivity index (χ1) is 9.60. The summed E-state index contributed by atoms with van der Waals surface area (Å²) < 4.78 is 0. The third-order valence-corrected chi connectivity index (χ3v) is 4.40. The van der Waals surface area contributed by atoms with Crippen molar-refractivity contribution in [3.05, 3.63) is 35.4 Å². The highest BCUT2D eigenvalue weighted by atomic mass is 32.2. The van der Waals surface area contributed by atoms with E-state index in [1.165, 1.54) is 11.1 Å². The number of aryl methyl sites for hydroxylation is 1. The van der Waals surface area contributed by atoms with Crippen molar-refractivity contribution < 1.29 is 0 Å². The summed E-state index contributed by atoms with van der Waals surface area (Å²) in [5.74, 6) is 0.859. The van der Waals surface area contributed by atoms with Crippen LogP contribution in [0.3, 0.4) is 0 Å². The van der Waals surface area contributed by atoms with Gasteiger partial charge in [-0.05, 0) is 30.7 Å². The number of benzene rings is 1. The first kappa shape index (κ1) is 16.9. The second-order valence-corrected chi connectivity index (χ2v) is 6.24. The van der Waals surface area contributed by atoms with Crippen molar-refractivity contribution in [2.45, 2.75) is 38.5 Å². The lowest BCUT2D eigenvalue weighted by Gasteiger charge is -2.19. The lowest BCUT2D eigenvalue weighted by atomic mass is 10.1. The zero-order valence-corrected chi connectivity index (χ0v) is 14.1. The normalized spacial score (nSPS) is 14.8. The van der Waals surface area contributed by atoms with E-state index in [2.05, 4.69) is 66.9 Å². The maximum atomic E-state index is 4.28. The molecule has 1 rings (SSSR count). The third kappa shape index (κ3) is 5.45. The fourth-order valence-corrected chi connectivity index (χ4v) is 2.10. The number of nitrogens with zero attached hydrogens (tertiary/aromatic N) is 1. The van der Waals surface area contributed by atoms with E-state index in [1.807, 2.05) is 18.8 Å². The molecule has 0 spiro atoms. The Morgan fingerprint density at radius 2 is 1.90 bits per heavy atom. The minimum atomic E-state index is 0.247. The monoisotopic (exact) mass is 293 g/mol. The molecule has 1 aromatic carbocycles. The lowest BCUT2D eigenvalue weighted by Crippen LogP contribution is -2.41. The van der Waals surface area contributed by atoms with Gasteiger partial charge >= 0.3 is 0 Å². The first-order valence-electron chi connectivity index (χ1n) is 7.19. The number of aliphatic imine (C=N–C) groups is 1. The molecule has 0 aliphatic heterocycles. The second-order valence-electron chi connectivity index (χ2n) is 4.96. The summed E-state index contributed by atoms with van der Waals surface area (Å²) in [5.41, 5.74) is 2.65. The van der Waals surface area contributed by atoms with Crippen molar-refractivity contribution in [1.82, 2.24) is 10.6 Å². The van der Waals surface area contributed by atoms with Crippen LogP contribution in [-0.4, -0.2) is 31.1 Å². The molecule has 0 heterocycles. The standard InChI is InChI=1S/C16H27N3S/c1-6-14-7-9-15(10-8-14)13(3)19-16(17-4)18-11-12(2)20-5/h7-10,12-13H,6,11H2,1-5H3,(H2,17,18,19). The number of thioether (sulfide) groups is 1. The van der Waals surface area contributed by atoms with E-state index in [9.17, 15) is 0 Å². The molecule has 4 heteroatoms. The van der Waals surface area contributed by atoms with Gasteiger partial charge in [0, 0.05) is 18.8 Å². The zero-order chi connectivity index (χ0) is 15.0. The third-order valence-electron chi connectivity index (χ3n) is 3.42. The Balaban J connectivity index is 2.55. The molecule has 0 amide bonds. The van der Waals surface area contributed by atoms with E-state index < -0.39 is 0 Å². The summed E-state index contributed by atoms with van der Waals surface area (Å²) in [6, 6.07) is 9.01. The van der Waals surface area contributed by atoms with Crippen LogP contribution in [0, 0.1) is 0 Å². The number of nitrogens with one attached hydrogen (secondary N) is 2. The van der Waals surface area contributed by atoms with Crippen molar-refractivity contribution in [2.75, 3.05) is 19.8 Å². The van der Waals surface area contributed by atoms with E-state index in [1.54, 1.807) is 0 Å². The summed E-state index contributed by atoms with van der Waals surface area (Å²) in [6.07, 6.45) is 3.21. The summed E-state index contributed by atoms with van der Waals surface area (Å²) >= 11 is 1.85. The van der Waals surface area contributed by atoms with Gasteiger partial charge in [-0.25, -0.2) is 0 Å². The topological polar surface area (TPSA) is 36.4 Å². The first-order valence-corrected chi connectivity index (χ1v) is 8.48. The van der Waals surface area contributed by atoms with Gasteiger partial charge in [-0.15, -0.1) is 0 Å². The fraction of sp³-hybridized carbons (Fsp3) is 0.562. The Bertz CT molecular complexity index is 414. The Morgan fingerprint density at radius 3 is 2.40 bits per heavy atom. The SMILES string of the molecule is CCc1ccc(C(C)NC(=NC)NCC(C)SC)cc1. The Labute approximate surface area is 127 Å². The Hall–Kier alpha value is -1.16. The van der Waals surface area contributed by atoms with Crippen LogP contribution in [0.5, 0.6) is 0 Å². The van der Waals surface area contributed by atoms with Gasteiger partial charge in [0.05, 0.1) is 6.04 Å². The maximum absolute atomic E-state index is 4.28. The quantitative estimate of drug-likeness (QED) is 0.624. The van der Waals surface area contributed by atoms with Gasteiger partial charge in [-0.3, -0.25) is 4.99 Å². The molecule has 0 saturated carbocycles. The molecule has 20 heavy (non-hydrogen) atoms. The lowest BCUT2D eigenvalue weighted by molar-refractivity contribution is 0.683. The minimum absolute atomic E-state index is 0.247. The van der Waals surface area contributed by atoms with Gasteiger partial charge in [-0.2, -0.15) is 11.8 Å². The highest BCUT2D eigenvalue weighted by Gasteiger charge is 2.08. The van der Waals surface area contributed by atoms with Gasteiger partial charge in [0.1, 0.15) is 0 Å². The minimum Gasteiger partial charge on any atom is -0.355 e. The van der Waals surface area contributed by atoms with E-state index >= 15 is 0 Å². The van der Waals surface area contributed by atoms with Crippen LogP contribution < -0.4 is 10.6 Å². The largest absolute Gasteiger partial charge is 0.355 e. The number of hydrogen-bond donors (Lipinski definition) is 2. The van der Waals surface area contributed by atoms with Gasteiger partial charge in [-0.1, -0.05) is 38.1 Å². The average Bonchev–Trinajstić information content (AvgIpc) is 2.50. The van der Waals surface area contributed by atoms with Gasteiger partial charge < -0.3 is 10.6 Å². The fourth-order valence-electron chi connectivity index (χ4n) is 1.85. The van der Waals surface area contributed by atoms with Crippen LogP contribution in [0.1, 0.15) is 37.9 Å². The van der Waals surface area contributed by atoms with Crippen molar-refractivity contribution in [2.24, 2.45) is 4.99 Å². The molecule has 3 nitrogen and oxygen atoms in total. The van der Waals surface area contributed by atoms with Crippen molar-refractivity contribution in [1.29, 1.82) is 0 Å². The molecular weight excluding hydrogens is 266 g/mol. The smallest absolute Gasteiger partial charge is 0.191 e. The molecule has 0 saturated heterocycles. The Kier molecular flexibility index (Phi) is 7.52.